The van der Waals surface area contributed by atoms with Crippen molar-refractivity contribution in [2.45, 2.75) is 6.92 Å². The van der Waals surface area contributed by atoms with Crippen LogP contribution in [0, 0.1) is 6.92 Å². The number of amides is 1. The first-order valence-corrected chi connectivity index (χ1v) is 9.00. The molecule has 132 valence electrons. The van der Waals surface area contributed by atoms with Gasteiger partial charge in [-0.1, -0.05) is 24.3 Å². The summed E-state index contributed by atoms with van der Waals surface area (Å²) in [6, 6.07) is 13.2. The second-order valence-corrected chi connectivity index (χ2v) is 6.82. The summed E-state index contributed by atoms with van der Waals surface area (Å²) in [5.41, 5.74) is 1.43. The van der Waals surface area contributed by atoms with E-state index in [2.05, 4.69) is 31.5 Å². The van der Waals surface area contributed by atoms with Crippen LogP contribution in [0.5, 0.6) is 5.75 Å². The quantitative estimate of drug-likeness (QED) is 0.602. The number of rotatable bonds is 3. The smallest absolute Gasteiger partial charge is 0.261 e. The van der Waals surface area contributed by atoms with Crippen molar-refractivity contribution in [3.63, 3.8) is 0 Å². The van der Waals surface area contributed by atoms with Crippen LogP contribution in [0.25, 0.3) is 10.8 Å². The average Bonchev–Trinajstić information content (AvgIpc) is 2.61. The zero-order valence-electron chi connectivity index (χ0n) is 14.2. The highest BCUT2D eigenvalue weighted by Crippen LogP contribution is 2.36. The van der Waals surface area contributed by atoms with Gasteiger partial charge in [0.2, 0.25) is 0 Å². The van der Waals surface area contributed by atoms with Gasteiger partial charge in [0.15, 0.2) is 5.11 Å². The first-order chi connectivity index (χ1) is 12.5. The van der Waals surface area contributed by atoms with E-state index in [0.29, 0.717) is 17.1 Å². The van der Waals surface area contributed by atoms with E-state index >= 15 is 0 Å². The summed E-state index contributed by atoms with van der Waals surface area (Å²) < 4.78 is 6.16. The molecule has 1 heterocycles. The maximum Gasteiger partial charge on any atom is 0.261 e. The van der Waals surface area contributed by atoms with Crippen LogP contribution < -0.4 is 15.4 Å². The van der Waals surface area contributed by atoms with Gasteiger partial charge < -0.3 is 10.1 Å². The number of aryl methyl sites for hydroxylation is 1. The molecule has 5 nitrogen and oxygen atoms in total. The molecule has 0 aliphatic heterocycles. The fourth-order valence-electron chi connectivity index (χ4n) is 2.58. The lowest BCUT2D eigenvalue weighted by Gasteiger charge is -2.14. The number of anilines is 1. The Bertz CT molecular complexity index is 1010. The van der Waals surface area contributed by atoms with Crippen molar-refractivity contribution < 1.29 is 9.53 Å². The van der Waals surface area contributed by atoms with Gasteiger partial charge >= 0.3 is 0 Å². The molecule has 2 aromatic carbocycles. The van der Waals surface area contributed by atoms with Gasteiger partial charge in [0, 0.05) is 6.20 Å². The normalized spacial score (nSPS) is 10.4. The molecule has 0 saturated carbocycles. The summed E-state index contributed by atoms with van der Waals surface area (Å²) in [6.45, 7) is 1.95. The summed E-state index contributed by atoms with van der Waals surface area (Å²) in [5, 5.41) is 7.63. The van der Waals surface area contributed by atoms with Gasteiger partial charge in [0.1, 0.15) is 11.6 Å². The van der Waals surface area contributed by atoms with Gasteiger partial charge in [-0.3, -0.25) is 10.1 Å². The summed E-state index contributed by atoms with van der Waals surface area (Å²) in [5.74, 6) is 0.665. The number of methoxy groups -OCH3 is 1. The predicted molar refractivity (Wildman–Crippen MR) is 111 cm³/mol. The van der Waals surface area contributed by atoms with Crippen molar-refractivity contribution in [3.8, 4) is 5.75 Å². The molecule has 7 heteroatoms. The number of halogens is 1. The molecule has 1 aromatic heterocycles. The zero-order valence-corrected chi connectivity index (χ0v) is 16.6. The Kier molecular flexibility index (Phi) is 5.49. The lowest BCUT2D eigenvalue weighted by atomic mass is 10.1. The molecule has 1 amide bonds. The summed E-state index contributed by atoms with van der Waals surface area (Å²) in [6.07, 6.45) is 1.67. The van der Waals surface area contributed by atoms with Crippen LogP contribution in [0.3, 0.4) is 0 Å². The largest absolute Gasteiger partial charge is 0.495 e. The van der Waals surface area contributed by atoms with Gasteiger partial charge in [-0.15, -0.1) is 0 Å². The van der Waals surface area contributed by atoms with Gasteiger partial charge in [0.05, 0.1) is 17.1 Å². The third-order valence-corrected chi connectivity index (χ3v) is 4.77. The molecule has 3 aromatic rings. The first-order valence-electron chi connectivity index (χ1n) is 7.80. The van der Waals surface area contributed by atoms with E-state index < -0.39 is 0 Å². The maximum atomic E-state index is 12.7. The van der Waals surface area contributed by atoms with Crippen LogP contribution in [0.15, 0.2) is 53.1 Å². The topological polar surface area (TPSA) is 63.2 Å². The van der Waals surface area contributed by atoms with E-state index in [1.54, 1.807) is 12.3 Å². The minimum absolute atomic E-state index is 0.166. The zero-order chi connectivity index (χ0) is 18.7. The molecule has 0 aliphatic carbocycles. The molecule has 0 unspecified atom stereocenters. The maximum absolute atomic E-state index is 12.7. The Balaban J connectivity index is 1.86. The molecular weight excluding hydrogens is 414 g/mol. The molecule has 0 fully saturated rings. The minimum atomic E-state index is -0.363. The van der Waals surface area contributed by atoms with Gasteiger partial charge in [-0.05, 0) is 69.6 Å². The van der Waals surface area contributed by atoms with Crippen molar-refractivity contribution in [2.24, 2.45) is 0 Å². The van der Waals surface area contributed by atoms with Gasteiger partial charge in [0.25, 0.3) is 5.91 Å². The van der Waals surface area contributed by atoms with Crippen LogP contribution in [0.1, 0.15) is 15.9 Å². The minimum Gasteiger partial charge on any atom is -0.495 e. The van der Waals surface area contributed by atoms with Crippen molar-refractivity contribution in [1.82, 2.24) is 10.3 Å². The molecule has 0 atom stereocenters. The Morgan fingerprint density at radius 2 is 2.00 bits per heavy atom. The number of thiocarbonyl (C=S) groups is 1. The van der Waals surface area contributed by atoms with Crippen LogP contribution in [-0.2, 0) is 0 Å². The number of benzene rings is 2. The van der Waals surface area contributed by atoms with E-state index in [0.717, 1.165) is 20.8 Å². The number of hydrogen-bond donors (Lipinski definition) is 2. The van der Waals surface area contributed by atoms with Gasteiger partial charge in [-0.25, -0.2) is 4.98 Å². The number of pyridine rings is 1. The Morgan fingerprint density at radius 1 is 1.23 bits per heavy atom. The molecule has 0 bridgehead atoms. The highest BCUT2D eigenvalue weighted by atomic mass is 79.9. The highest BCUT2D eigenvalue weighted by molar-refractivity contribution is 9.10. The van der Waals surface area contributed by atoms with Crippen LogP contribution in [0.4, 0.5) is 5.82 Å². The van der Waals surface area contributed by atoms with E-state index in [-0.39, 0.29) is 11.0 Å². The second kappa shape index (κ2) is 7.80. The molecule has 3 rings (SSSR count). The number of carbonyl (C=O) groups is 1. The van der Waals surface area contributed by atoms with Crippen molar-refractivity contribution >= 4 is 55.8 Å². The molecule has 2 N–H and O–H groups in total. The number of fused-ring (bicyclic) bond motifs is 1. The molecule has 0 saturated heterocycles. The number of nitrogens with zero attached hydrogens (tertiary/aromatic N) is 1. The Hall–Kier alpha value is -2.51. The number of hydrogen-bond acceptors (Lipinski definition) is 4. The third kappa shape index (κ3) is 3.84. The SMILES string of the molecule is COc1c(C(=O)NC(=S)Nc2cc(C)ccn2)cc2ccccc2c1Br. The standard InChI is InChI=1S/C19H16BrN3O2S/c1-11-7-8-21-15(9-11)22-19(26)23-18(24)14-10-12-5-3-4-6-13(12)16(20)17(14)25-2/h3-10H,1-2H3,(H2,21,22,23,24,26). The highest BCUT2D eigenvalue weighted by Gasteiger charge is 2.19. The fraction of sp³-hybridized carbons (Fsp3) is 0.105. The number of ether oxygens (including phenoxy) is 1. The monoisotopic (exact) mass is 429 g/mol. The van der Waals surface area contributed by atoms with Crippen molar-refractivity contribution in [2.75, 3.05) is 12.4 Å². The summed E-state index contributed by atoms with van der Waals surface area (Å²) in [4.78, 5) is 16.9. The van der Waals surface area contributed by atoms with E-state index in [9.17, 15) is 4.79 Å². The molecule has 0 aliphatic rings. The number of nitrogens with one attached hydrogen (secondary N) is 2. The molecular formula is C19H16BrN3O2S. The molecule has 0 spiro atoms. The average molecular weight is 430 g/mol. The Morgan fingerprint density at radius 3 is 2.73 bits per heavy atom. The summed E-state index contributed by atoms with van der Waals surface area (Å²) >= 11 is 8.75. The Labute approximate surface area is 164 Å². The van der Waals surface area contributed by atoms with E-state index in [1.807, 2.05) is 43.3 Å². The first kappa shape index (κ1) is 18.3. The van der Waals surface area contributed by atoms with E-state index in [1.165, 1.54) is 7.11 Å². The second-order valence-electron chi connectivity index (χ2n) is 5.62. The third-order valence-electron chi connectivity index (χ3n) is 3.77. The predicted octanol–water partition coefficient (Wildman–Crippen LogP) is 4.44. The van der Waals surface area contributed by atoms with Crippen molar-refractivity contribution in [1.29, 1.82) is 0 Å². The van der Waals surface area contributed by atoms with E-state index in [4.69, 9.17) is 17.0 Å². The lowest BCUT2D eigenvalue weighted by Crippen LogP contribution is -2.34. The van der Waals surface area contributed by atoms with Crippen LogP contribution in [0.2, 0.25) is 0 Å². The van der Waals surface area contributed by atoms with Crippen LogP contribution >= 0.6 is 28.1 Å². The summed E-state index contributed by atoms with van der Waals surface area (Å²) in [7, 11) is 1.53. The lowest BCUT2D eigenvalue weighted by molar-refractivity contribution is 0.0975. The fourth-order valence-corrected chi connectivity index (χ4v) is 3.51. The number of aromatic nitrogens is 1. The van der Waals surface area contributed by atoms with Crippen molar-refractivity contribution in [3.05, 3.63) is 64.3 Å². The number of carbonyl (C=O) groups excluding carboxylic acids is 1. The van der Waals surface area contributed by atoms with Gasteiger partial charge in [-0.2, -0.15) is 0 Å². The molecule has 0 radical (unpaired) electrons. The van der Waals surface area contributed by atoms with Crippen LogP contribution in [-0.4, -0.2) is 23.1 Å². The molecule has 26 heavy (non-hydrogen) atoms.